The molecule has 4 atom stereocenters. The van der Waals surface area contributed by atoms with Crippen LogP contribution in [0.2, 0.25) is 15.1 Å². The smallest absolute Gasteiger partial charge is 0.306 e. The number of anilines is 1. The van der Waals surface area contributed by atoms with Gasteiger partial charge in [-0.3, -0.25) is 13.9 Å². The fraction of sp³-hybridized carbons (Fsp3) is 0.355. The van der Waals surface area contributed by atoms with Crippen LogP contribution in [-0.2, 0) is 24.3 Å². The Labute approximate surface area is 266 Å². The van der Waals surface area contributed by atoms with Crippen molar-refractivity contribution in [1.82, 2.24) is 4.90 Å². The van der Waals surface area contributed by atoms with Gasteiger partial charge in [0.1, 0.15) is 12.2 Å². The van der Waals surface area contributed by atoms with Gasteiger partial charge in [-0.25, -0.2) is 8.42 Å². The van der Waals surface area contributed by atoms with Crippen LogP contribution in [0.4, 0.5) is 5.69 Å². The van der Waals surface area contributed by atoms with Gasteiger partial charge in [0.05, 0.1) is 41.0 Å². The second-order valence-corrected chi connectivity index (χ2v) is 14.1. The van der Waals surface area contributed by atoms with Crippen molar-refractivity contribution in [2.75, 3.05) is 10.8 Å². The maximum absolute atomic E-state index is 14.2. The van der Waals surface area contributed by atoms with Crippen LogP contribution in [0, 0.1) is 0 Å². The van der Waals surface area contributed by atoms with Crippen LogP contribution in [0.25, 0.3) is 0 Å². The van der Waals surface area contributed by atoms with E-state index in [1.807, 2.05) is 6.92 Å². The third-order valence-corrected chi connectivity index (χ3v) is 10.9. The van der Waals surface area contributed by atoms with Gasteiger partial charge in [0.25, 0.3) is 5.91 Å². The predicted octanol–water partition coefficient (Wildman–Crippen LogP) is 6.91. The fourth-order valence-electron chi connectivity index (χ4n) is 5.54. The van der Waals surface area contributed by atoms with E-state index in [4.69, 9.17) is 39.5 Å². The summed E-state index contributed by atoms with van der Waals surface area (Å²) in [5.74, 6) is -1.74. The first-order valence-corrected chi connectivity index (χ1v) is 16.6. The monoisotopic (exact) mass is 664 g/mol. The number of para-hydroxylation sites is 1. The van der Waals surface area contributed by atoms with E-state index >= 15 is 0 Å². The largest absolute Gasteiger partial charge is 0.481 e. The summed E-state index contributed by atoms with van der Waals surface area (Å²) >= 11 is 19.1. The Kier molecular flexibility index (Phi) is 9.58. The van der Waals surface area contributed by atoms with Crippen molar-refractivity contribution >= 4 is 62.4 Å². The number of rotatable bonds is 11. The highest BCUT2D eigenvalue weighted by Crippen LogP contribution is 2.45. The summed E-state index contributed by atoms with van der Waals surface area (Å²) in [5, 5.41) is 10.4. The second-order valence-electron chi connectivity index (χ2n) is 10.7. The van der Waals surface area contributed by atoms with Crippen molar-refractivity contribution in [3.05, 3.63) is 99.0 Å². The number of benzene rings is 3. The Morgan fingerprint density at radius 3 is 2.30 bits per heavy atom. The van der Waals surface area contributed by atoms with Crippen molar-refractivity contribution in [3.63, 3.8) is 0 Å². The van der Waals surface area contributed by atoms with E-state index in [0.29, 0.717) is 46.1 Å². The van der Waals surface area contributed by atoms with E-state index in [1.165, 1.54) is 4.31 Å². The molecule has 1 saturated heterocycles. The molecule has 0 spiro atoms. The molecule has 2 aliphatic rings. The number of morpholine rings is 1. The minimum Gasteiger partial charge on any atom is -0.481 e. The molecule has 1 amide bonds. The summed E-state index contributed by atoms with van der Waals surface area (Å²) in [6.45, 7) is 1.78. The first-order chi connectivity index (χ1) is 20.5. The molecule has 228 valence electrons. The number of amides is 1. The van der Waals surface area contributed by atoms with Crippen LogP contribution in [0.3, 0.4) is 0 Å². The van der Waals surface area contributed by atoms with E-state index in [-0.39, 0.29) is 11.6 Å². The van der Waals surface area contributed by atoms with Gasteiger partial charge in [0, 0.05) is 10.0 Å². The zero-order valence-electron chi connectivity index (χ0n) is 23.3. The van der Waals surface area contributed by atoms with Crippen LogP contribution >= 0.6 is 34.8 Å². The zero-order chi connectivity index (χ0) is 30.9. The van der Waals surface area contributed by atoms with Crippen LogP contribution in [-0.4, -0.2) is 54.2 Å². The van der Waals surface area contributed by atoms with Gasteiger partial charge in [-0.15, -0.1) is 0 Å². The Morgan fingerprint density at radius 2 is 1.70 bits per heavy atom. The number of hydrogen-bond donors (Lipinski definition) is 1. The van der Waals surface area contributed by atoms with Crippen LogP contribution < -0.4 is 4.31 Å². The average molecular weight is 666 g/mol. The quantitative estimate of drug-likeness (QED) is 0.239. The lowest BCUT2D eigenvalue weighted by Crippen LogP contribution is -2.58. The van der Waals surface area contributed by atoms with Crippen molar-refractivity contribution < 1.29 is 27.9 Å². The molecule has 3 aromatic rings. The number of carbonyl (C=O) groups is 2. The summed E-state index contributed by atoms with van der Waals surface area (Å²) in [7, 11) is -3.81. The maximum atomic E-state index is 14.2. The molecule has 1 aliphatic heterocycles. The molecule has 8 nitrogen and oxygen atoms in total. The van der Waals surface area contributed by atoms with Crippen LogP contribution in [0.1, 0.15) is 55.9 Å². The molecule has 12 heteroatoms. The van der Waals surface area contributed by atoms with E-state index in [0.717, 1.165) is 0 Å². The summed E-state index contributed by atoms with van der Waals surface area (Å²) in [6.07, 6.45) is -1.25. The molecule has 5 rings (SSSR count). The molecule has 43 heavy (non-hydrogen) atoms. The minimum absolute atomic E-state index is 0.0864. The second kappa shape index (κ2) is 13.0. The highest BCUT2D eigenvalue weighted by Gasteiger charge is 2.49. The maximum Gasteiger partial charge on any atom is 0.306 e. The standard InChI is InChI=1S/C31H31Cl3N2O6S/c1-2-23(18-35(43(40,41)24-14-15-24)26-9-4-3-8-25(26)34)36-29(19-10-12-21(32)13-11-19)30(20-6-5-7-22(33)16-20)42-27(31(36)39)17-28(37)38/h3-13,16,23-24,27,29-30H,2,14-15,17-18H2,1H3,(H,37,38)/t23?,27-,29-,30-/m1/s1. The number of carboxylic acid groups (broad SMARTS) is 1. The molecule has 0 aromatic heterocycles. The molecule has 2 fully saturated rings. The molecule has 1 N–H and O–H groups in total. The van der Waals surface area contributed by atoms with Gasteiger partial charge in [0.15, 0.2) is 0 Å². The topological polar surface area (TPSA) is 104 Å². The predicted molar refractivity (Wildman–Crippen MR) is 167 cm³/mol. The Bertz CT molecular complexity index is 1600. The zero-order valence-corrected chi connectivity index (χ0v) is 26.4. The number of carbonyl (C=O) groups excluding carboxylic acids is 1. The van der Waals surface area contributed by atoms with Gasteiger partial charge in [0.2, 0.25) is 10.0 Å². The lowest BCUT2D eigenvalue weighted by molar-refractivity contribution is -0.183. The molecule has 1 saturated carbocycles. The first kappa shape index (κ1) is 31.6. The van der Waals surface area contributed by atoms with E-state index in [9.17, 15) is 23.1 Å². The fourth-order valence-corrected chi connectivity index (χ4v) is 8.06. The highest BCUT2D eigenvalue weighted by molar-refractivity contribution is 7.93. The molecular weight excluding hydrogens is 635 g/mol. The normalized spacial score (nSPS) is 21.4. The van der Waals surface area contributed by atoms with Crippen molar-refractivity contribution in [2.24, 2.45) is 0 Å². The van der Waals surface area contributed by atoms with Crippen molar-refractivity contribution in [3.8, 4) is 0 Å². The molecule has 1 aliphatic carbocycles. The molecule has 0 bridgehead atoms. The van der Waals surface area contributed by atoms with Gasteiger partial charge in [-0.2, -0.15) is 0 Å². The molecule has 1 heterocycles. The molecule has 0 radical (unpaired) electrons. The van der Waals surface area contributed by atoms with E-state index < -0.39 is 57.9 Å². The number of halogens is 3. The third kappa shape index (κ3) is 6.81. The van der Waals surface area contributed by atoms with Gasteiger partial charge < -0.3 is 14.7 Å². The Morgan fingerprint density at radius 1 is 1.00 bits per heavy atom. The lowest BCUT2D eigenvalue weighted by Gasteiger charge is -2.48. The van der Waals surface area contributed by atoms with Gasteiger partial charge in [-0.05, 0) is 66.8 Å². The van der Waals surface area contributed by atoms with Gasteiger partial charge in [-0.1, -0.05) is 78.1 Å². The summed E-state index contributed by atoms with van der Waals surface area (Å²) in [4.78, 5) is 27.7. The van der Waals surface area contributed by atoms with E-state index in [1.54, 1.807) is 77.7 Å². The minimum atomic E-state index is -3.81. The number of aliphatic carboxylic acids is 1. The van der Waals surface area contributed by atoms with Crippen molar-refractivity contribution in [1.29, 1.82) is 0 Å². The molecular formula is C31H31Cl3N2O6S. The highest BCUT2D eigenvalue weighted by atomic mass is 35.5. The Hall–Kier alpha value is -2.82. The number of nitrogens with zero attached hydrogens (tertiary/aromatic N) is 2. The summed E-state index contributed by atoms with van der Waals surface area (Å²) in [6, 6.07) is 19.2. The number of sulfonamides is 1. The third-order valence-electron chi connectivity index (χ3n) is 7.79. The van der Waals surface area contributed by atoms with Crippen LogP contribution in [0.5, 0.6) is 0 Å². The first-order valence-electron chi connectivity index (χ1n) is 14.0. The number of carboxylic acids is 1. The van der Waals surface area contributed by atoms with Crippen molar-refractivity contribution in [2.45, 2.75) is 62.1 Å². The average Bonchev–Trinajstić information content (AvgIpc) is 3.82. The summed E-state index contributed by atoms with van der Waals surface area (Å²) in [5.41, 5.74) is 1.65. The summed E-state index contributed by atoms with van der Waals surface area (Å²) < 4.78 is 35.2. The number of hydrogen-bond acceptors (Lipinski definition) is 5. The van der Waals surface area contributed by atoms with Gasteiger partial charge >= 0.3 is 5.97 Å². The molecule has 3 aromatic carbocycles. The Balaban J connectivity index is 1.66. The van der Waals surface area contributed by atoms with Crippen LogP contribution in [0.15, 0.2) is 72.8 Å². The SMILES string of the molecule is CCC(CN(c1ccccc1Cl)S(=O)(=O)C1CC1)N1C(=O)[C@@H](CC(=O)O)O[C@H](c2cccc(Cl)c2)[C@H]1c1ccc(Cl)cc1. The molecule has 1 unspecified atom stereocenters. The van der Waals surface area contributed by atoms with E-state index in [2.05, 4.69) is 0 Å². The number of ether oxygens (including phenoxy) is 1. The lowest BCUT2D eigenvalue weighted by atomic mass is 9.89.